The van der Waals surface area contributed by atoms with E-state index >= 15 is 0 Å². The van der Waals surface area contributed by atoms with E-state index in [1.54, 1.807) is 4.90 Å². The zero-order valence-electron chi connectivity index (χ0n) is 14.1. The SMILES string of the molecule is CNS(=O)(=O)c1cccc(C(=O)OCC(=O)N2CCc3ccccc32)c1. The molecule has 0 spiro atoms. The number of hydrogen-bond donors (Lipinski definition) is 1. The number of nitrogens with one attached hydrogen (secondary N) is 1. The lowest BCUT2D eigenvalue weighted by Crippen LogP contribution is -2.33. The second kappa shape index (κ2) is 7.27. The molecule has 0 bridgehead atoms. The van der Waals surface area contributed by atoms with Gasteiger partial charge in [-0.3, -0.25) is 4.79 Å². The summed E-state index contributed by atoms with van der Waals surface area (Å²) in [4.78, 5) is 26.1. The van der Waals surface area contributed by atoms with Gasteiger partial charge in [-0.1, -0.05) is 24.3 Å². The highest BCUT2D eigenvalue weighted by Crippen LogP contribution is 2.27. The molecule has 8 heteroatoms. The lowest BCUT2D eigenvalue weighted by Gasteiger charge is -2.17. The van der Waals surface area contributed by atoms with Crippen LogP contribution >= 0.6 is 0 Å². The highest BCUT2D eigenvalue weighted by Gasteiger charge is 2.25. The van der Waals surface area contributed by atoms with Crippen molar-refractivity contribution in [3.63, 3.8) is 0 Å². The Morgan fingerprint density at radius 2 is 1.92 bits per heavy atom. The van der Waals surface area contributed by atoms with Crippen molar-refractivity contribution < 1.29 is 22.7 Å². The number of para-hydroxylation sites is 1. The van der Waals surface area contributed by atoms with Gasteiger partial charge in [-0.2, -0.15) is 0 Å². The number of benzene rings is 2. The highest BCUT2D eigenvalue weighted by atomic mass is 32.2. The number of carbonyl (C=O) groups is 2. The number of hydrogen-bond acceptors (Lipinski definition) is 5. The van der Waals surface area contributed by atoms with Gasteiger partial charge in [-0.05, 0) is 43.3 Å². The number of rotatable bonds is 5. The number of fused-ring (bicyclic) bond motifs is 1. The second-order valence-electron chi connectivity index (χ2n) is 5.74. The molecule has 7 nitrogen and oxygen atoms in total. The Kier molecular flexibility index (Phi) is 5.06. The summed E-state index contributed by atoms with van der Waals surface area (Å²) in [5, 5.41) is 0. The van der Waals surface area contributed by atoms with Crippen molar-refractivity contribution in [3.8, 4) is 0 Å². The van der Waals surface area contributed by atoms with Gasteiger partial charge >= 0.3 is 5.97 Å². The van der Waals surface area contributed by atoms with Gasteiger partial charge in [0.2, 0.25) is 10.0 Å². The van der Waals surface area contributed by atoms with E-state index in [2.05, 4.69) is 4.72 Å². The maximum absolute atomic E-state index is 12.4. The maximum Gasteiger partial charge on any atom is 0.338 e. The zero-order valence-corrected chi connectivity index (χ0v) is 15.0. The largest absolute Gasteiger partial charge is 0.452 e. The highest BCUT2D eigenvalue weighted by molar-refractivity contribution is 7.89. The van der Waals surface area contributed by atoms with E-state index in [4.69, 9.17) is 4.74 Å². The van der Waals surface area contributed by atoms with Crippen LogP contribution in [-0.4, -0.2) is 40.5 Å². The van der Waals surface area contributed by atoms with Crippen molar-refractivity contribution in [2.45, 2.75) is 11.3 Å². The van der Waals surface area contributed by atoms with Crippen molar-refractivity contribution in [1.82, 2.24) is 4.72 Å². The molecule has 0 saturated heterocycles. The Balaban J connectivity index is 1.66. The van der Waals surface area contributed by atoms with Crippen molar-refractivity contribution in [2.24, 2.45) is 0 Å². The van der Waals surface area contributed by atoms with Crippen molar-refractivity contribution in [3.05, 3.63) is 59.7 Å². The van der Waals surface area contributed by atoms with E-state index in [1.807, 2.05) is 24.3 Å². The monoisotopic (exact) mass is 374 g/mol. The third kappa shape index (κ3) is 3.61. The minimum Gasteiger partial charge on any atom is -0.452 e. The van der Waals surface area contributed by atoms with Gasteiger partial charge in [-0.15, -0.1) is 0 Å². The van der Waals surface area contributed by atoms with Crippen LogP contribution in [0.3, 0.4) is 0 Å². The molecule has 1 aliphatic rings. The summed E-state index contributed by atoms with van der Waals surface area (Å²) in [5.74, 6) is -1.07. The summed E-state index contributed by atoms with van der Waals surface area (Å²) in [5.41, 5.74) is 1.98. The number of carbonyl (C=O) groups excluding carboxylic acids is 2. The van der Waals surface area contributed by atoms with Gasteiger partial charge in [0.05, 0.1) is 10.5 Å². The van der Waals surface area contributed by atoms with Crippen LogP contribution in [0.4, 0.5) is 5.69 Å². The van der Waals surface area contributed by atoms with Crippen LogP contribution in [0, 0.1) is 0 Å². The molecule has 0 aliphatic carbocycles. The van der Waals surface area contributed by atoms with E-state index in [1.165, 1.54) is 31.3 Å². The molecule has 0 saturated carbocycles. The Labute approximate surface area is 151 Å². The third-order valence-electron chi connectivity index (χ3n) is 4.16. The van der Waals surface area contributed by atoms with Crippen LogP contribution in [0.15, 0.2) is 53.4 Å². The summed E-state index contributed by atoms with van der Waals surface area (Å²) in [6, 6.07) is 13.0. The summed E-state index contributed by atoms with van der Waals surface area (Å²) in [7, 11) is -2.38. The number of nitrogens with zero attached hydrogens (tertiary/aromatic N) is 1. The van der Waals surface area contributed by atoms with Gasteiger partial charge in [0.15, 0.2) is 6.61 Å². The molecule has 26 heavy (non-hydrogen) atoms. The molecule has 1 heterocycles. The predicted molar refractivity (Wildman–Crippen MR) is 95.5 cm³/mol. The van der Waals surface area contributed by atoms with E-state index < -0.39 is 22.6 Å². The molecule has 0 aromatic heterocycles. The number of anilines is 1. The van der Waals surface area contributed by atoms with Crippen LogP contribution < -0.4 is 9.62 Å². The zero-order chi connectivity index (χ0) is 18.7. The molecule has 1 N–H and O–H groups in total. The number of sulfonamides is 1. The van der Waals surface area contributed by atoms with Crippen LogP contribution in [-0.2, 0) is 26.0 Å². The summed E-state index contributed by atoms with van der Waals surface area (Å²) in [6.45, 7) is 0.141. The molecular formula is C18H18N2O5S. The fourth-order valence-corrected chi connectivity index (χ4v) is 3.57. The van der Waals surface area contributed by atoms with Crippen molar-refractivity contribution >= 4 is 27.6 Å². The Morgan fingerprint density at radius 3 is 2.69 bits per heavy atom. The topological polar surface area (TPSA) is 92.8 Å². The summed E-state index contributed by atoms with van der Waals surface area (Å²) in [6.07, 6.45) is 0.764. The molecule has 0 unspecified atom stereocenters. The van der Waals surface area contributed by atoms with Crippen LogP contribution in [0.1, 0.15) is 15.9 Å². The average Bonchev–Trinajstić information content (AvgIpc) is 3.10. The van der Waals surface area contributed by atoms with E-state index in [9.17, 15) is 18.0 Å². The Morgan fingerprint density at radius 1 is 1.15 bits per heavy atom. The van der Waals surface area contributed by atoms with E-state index in [-0.39, 0.29) is 16.4 Å². The van der Waals surface area contributed by atoms with Gasteiger partial charge in [0.25, 0.3) is 5.91 Å². The first-order chi connectivity index (χ1) is 12.4. The molecule has 136 valence electrons. The quantitative estimate of drug-likeness (QED) is 0.798. The number of esters is 1. The van der Waals surface area contributed by atoms with Gasteiger partial charge in [-0.25, -0.2) is 17.9 Å². The first-order valence-corrected chi connectivity index (χ1v) is 9.50. The third-order valence-corrected chi connectivity index (χ3v) is 5.58. The summed E-state index contributed by atoms with van der Waals surface area (Å²) >= 11 is 0. The second-order valence-corrected chi connectivity index (χ2v) is 7.62. The molecule has 2 aromatic carbocycles. The molecule has 1 aliphatic heterocycles. The lowest BCUT2D eigenvalue weighted by atomic mass is 10.2. The maximum atomic E-state index is 12.4. The molecule has 0 fully saturated rings. The minimum absolute atomic E-state index is 0.0470. The predicted octanol–water partition coefficient (Wildman–Crippen LogP) is 1.34. The first kappa shape index (κ1) is 18.1. The first-order valence-electron chi connectivity index (χ1n) is 8.01. The Bertz CT molecular complexity index is 956. The van der Waals surface area contributed by atoms with Gasteiger partial charge in [0.1, 0.15) is 0 Å². The van der Waals surface area contributed by atoms with Gasteiger partial charge < -0.3 is 9.64 Å². The normalized spacial score (nSPS) is 13.3. The summed E-state index contributed by atoms with van der Waals surface area (Å²) < 4.78 is 30.9. The molecule has 0 atom stereocenters. The van der Waals surface area contributed by atoms with Crippen LogP contribution in [0.5, 0.6) is 0 Å². The molecule has 2 aromatic rings. The average molecular weight is 374 g/mol. The van der Waals surface area contributed by atoms with E-state index in [0.717, 1.165) is 17.7 Å². The smallest absolute Gasteiger partial charge is 0.338 e. The minimum atomic E-state index is -3.66. The number of amides is 1. The van der Waals surface area contributed by atoms with Crippen LogP contribution in [0.25, 0.3) is 0 Å². The molecular weight excluding hydrogens is 356 g/mol. The molecule has 1 amide bonds. The van der Waals surface area contributed by atoms with E-state index in [0.29, 0.717) is 6.54 Å². The number of ether oxygens (including phenoxy) is 1. The van der Waals surface area contributed by atoms with Crippen molar-refractivity contribution in [1.29, 1.82) is 0 Å². The lowest BCUT2D eigenvalue weighted by molar-refractivity contribution is -0.121. The van der Waals surface area contributed by atoms with Crippen LogP contribution in [0.2, 0.25) is 0 Å². The van der Waals surface area contributed by atoms with Gasteiger partial charge in [0, 0.05) is 12.2 Å². The van der Waals surface area contributed by atoms with Crippen molar-refractivity contribution in [2.75, 3.05) is 25.1 Å². The Hall–Kier alpha value is -2.71. The molecule has 3 rings (SSSR count). The fourth-order valence-electron chi connectivity index (χ4n) is 2.79. The standard InChI is InChI=1S/C18H18N2O5S/c1-19-26(23,24)15-7-4-6-14(11-15)18(22)25-12-17(21)20-10-9-13-5-2-3-8-16(13)20/h2-8,11,19H,9-10,12H2,1H3. The molecule has 0 radical (unpaired) electrons. The fraction of sp³-hybridized carbons (Fsp3) is 0.222.